The zero-order chi connectivity index (χ0) is 67.9. The maximum absolute atomic E-state index is 13.2. The second kappa shape index (κ2) is 46.2. The van der Waals surface area contributed by atoms with Gasteiger partial charge in [-0.3, -0.25) is 19.4 Å². The van der Waals surface area contributed by atoms with E-state index in [4.69, 9.17) is 10.4 Å². The van der Waals surface area contributed by atoms with E-state index in [0.29, 0.717) is 35.2 Å². The van der Waals surface area contributed by atoms with Gasteiger partial charge in [-0.25, -0.2) is 8.78 Å². The lowest BCUT2D eigenvalue weighted by molar-refractivity contribution is -0.138. The number of carbonyl (C=O) groups is 3. The molecule has 3 unspecified atom stereocenters. The standard InChI is InChI=1S/C40H61N3O.C13H20.C11H23N.C8H8F2.C3H7NO.C3H6O2/c1-12-13-15-27(4)33(10)41-37-22-21-35(24-31(37)8)28(5)17-18-29(6)36-20-19-30(7)38(25-36)42-34(11)39-16-14-23-43(39)40(44)32(9)26(2)3;1-3-8-12(9-4-2)13-10-6-5-7-11-13;1-5-7-11(8-6-2)9(3)10(4)12;1-5-3-7(9)6(2)8(10)4-5;1-3(5)4-2;1-3(4)5-2/h19-22,24-29,32,39,41H,10,12-18,23H2,1-9,11H3;5-7,10-12H,3-4,8-9H2,1-2H3;9,11-12H,5-8H2,1-4H3;3-4H,1-2H3;1-2H3,(H,4,5);1-2H3/t27-,28?,29+,32-,39?;;;;;/m0...../s1. The van der Waals surface area contributed by atoms with Crippen molar-refractivity contribution in [2.75, 3.05) is 26.0 Å². The summed E-state index contributed by atoms with van der Waals surface area (Å²) in [6, 6.07) is 27.3. The van der Waals surface area contributed by atoms with Crippen LogP contribution in [0.1, 0.15) is 264 Å². The van der Waals surface area contributed by atoms with Gasteiger partial charge in [-0.2, -0.15) is 0 Å². The number of nitrogens with zero attached hydrogens (tertiary/aromatic N) is 2. The predicted octanol–water partition coefficient (Wildman–Crippen LogP) is 21.9. The van der Waals surface area contributed by atoms with Crippen molar-refractivity contribution in [3.63, 3.8) is 0 Å². The molecule has 1 heterocycles. The number of aliphatic imine (C=N–C) groups is 1. The number of carbonyl (C=O) groups excluding carboxylic acids is 3. The predicted molar refractivity (Wildman–Crippen MR) is 380 cm³/mol. The minimum Gasteiger partial charge on any atom is -0.469 e. The minimum absolute atomic E-state index is 0.00463. The Morgan fingerprint density at radius 1 is 0.674 bits per heavy atom. The monoisotopic (exact) mass is 1230 g/mol. The second-order valence-electron chi connectivity index (χ2n) is 25.5. The van der Waals surface area contributed by atoms with E-state index in [-0.39, 0.29) is 35.3 Å². The normalized spacial score (nSPS) is 14.3. The number of allylic oxidation sites excluding steroid dienone is 1. The molecule has 11 heteroatoms. The molecule has 1 fully saturated rings. The molecule has 9 nitrogen and oxygen atoms in total. The summed E-state index contributed by atoms with van der Waals surface area (Å²) in [4.78, 5) is 39.7. The fraction of sp³-hybridized carbons (Fsp3) is 0.603. The number of hydrogen-bond acceptors (Lipinski definition) is 7. The lowest BCUT2D eigenvalue weighted by Gasteiger charge is -2.29. The van der Waals surface area contributed by atoms with Gasteiger partial charge in [0.2, 0.25) is 11.8 Å². The molecule has 500 valence electrons. The Hall–Kier alpha value is -5.97. The molecular weight excluding hydrogens is 1110 g/mol. The first-order chi connectivity index (χ1) is 42.0. The summed E-state index contributed by atoms with van der Waals surface area (Å²) in [5.74, 6) is 2.90. The van der Waals surface area contributed by atoms with E-state index < -0.39 is 11.6 Å². The van der Waals surface area contributed by atoms with Gasteiger partial charge < -0.3 is 25.7 Å². The molecule has 0 saturated carbocycles. The number of benzene rings is 4. The van der Waals surface area contributed by atoms with Gasteiger partial charge in [-0.15, -0.1) is 0 Å². The summed E-state index contributed by atoms with van der Waals surface area (Å²) < 4.78 is 29.3. The van der Waals surface area contributed by atoms with E-state index in [2.05, 4.69) is 197 Å². The highest BCUT2D eigenvalue weighted by molar-refractivity contribution is 5.94. The van der Waals surface area contributed by atoms with Crippen molar-refractivity contribution in [3.05, 3.63) is 142 Å². The number of methoxy groups -OCH3 is 1. The third-order valence-electron chi connectivity index (χ3n) is 17.6. The topological polar surface area (TPSA) is 124 Å². The maximum Gasteiger partial charge on any atom is 0.302 e. The van der Waals surface area contributed by atoms with Crippen molar-refractivity contribution in [2.24, 2.45) is 34.6 Å². The van der Waals surface area contributed by atoms with Crippen molar-refractivity contribution >= 4 is 40.6 Å². The number of halogens is 2. The molecule has 4 aromatic rings. The third kappa shape index (κ3) is 32.6. The number of hydrogen-bond donors (Lipinski definition) is 3. The van der Waals surface area contributed by atoms with E-state index in [0.717, 1.165) is 66.9 Å². The number of ether oxygens (including phenoxy) is 1. The van der Waals surface area contributed by atoms with E-state index in [1.807, 2.05) is 6.92 Å². The Morgan fingerprint density at radius 2 is 1.18 bits per heavy atom. The molecule has 0 spiro atoms. The van der Waals surface area contributed by atoms with E-state index >= 15 is 0 Å². The van der Waals surface area contributed by atoms with Crippen LogP contribution in [-0.2, 0) is 19.1 Å². The summed E-state index contributed by atoms with van der Waals surface area (Å²) >= 11 is 0. The Kier molecular flexibility index (Phi) is 43.1. The lowest BCUT2D eigenvalue weighted by atomic mass is 9.84. The SMILES string of the molecule is C=C(Nc1ccc(C(C)CC[C@@H](C)c2ccc(C)c(N=C(C)C3CCCN3C(=O)[C@@H](C)C(C)C)c2)cc1C)[C@@H](C)CCCC.CCCC(CCC)C(C)C(C)=N.CCCC(CCC)c1ccccc1.CNC(C)=O.COC(C)=O.Cc1cc(F)c(C)c(F)c1. The molecule has 0 bridgehead atoms. The summed E-state index contributed by atoms with van der Waals surface area (Å²) in [5.41, 5.74) is 12.7. The number of nitrogens with one attached hydrogen (secondary N) is 3. The third-order valence-corrected chi connectivity index (χ3v) is 17.6. The van der Waals surface area contributed by atoms with Crippen LogP contribution in [0.2, 0.25) is 0 Å². The van der Waals surface area contributed by atoms with Crippen LogP contribution in [-0.4, -0.2) is 60.9 Å². The van der Waals surface area contributed by atoms with Gasteiger partial charge >= 0.3 is 5.97 Å². The molecule has 3 N–H and O–H groups in total. The number of esters is 1. The van der Waals surface area contributed by atoms with Crippen LogP contribution in [0, 0.1) is 74.3 Å². The number of aryl methyl sites for hydroxylation is 3. The first kappa shape index (κ1) is 83.0. The zero-order valence-corrected chi connectivity index (χ0v) is 60.0. The van der Waals surface area contributed by atoms with Crippen LogP contribution < -0.4 is 10.6 Å². The largest absolute Gasteiger partial charge is 0.469 e. The molecule has 2 amide bonds. The average molecular weight is 1230 g/mol. The smallest absolute Gasteiger partial charge is 0.302 e. The molecule has 0 aliphatic carbocycles. The van der Waals surface area contributed by atoms with Crippen LogP contribution in [0.25, 0.3) is 0 Å². The van der Waals surface area contributed by atoms with Crippen LogP contribution in [0.15, 0.2) is 96.1 Å². The number of rotatable bonds is 26. The number of amides is 2. The van der Waals surface area contributed by atoms with Crippen molar-refractivity contribution in [1.29, 1.82) is 5.41 Å². The van der Waals surface area contributed by atoms with Gasteiger partial charge in [0.15, 0.2) is 0 Å². The summed E-state index contributed by atoms with van der Waals surface area (Å²) in [7, 11) is 2.95. The van der Waals surface area contributed by atoms with Gasteiger partial charge in [0.25, 0.3) is 0 Å². The molecule has 6 atom stereocenters. The molecule has 5 rings (SSSR count). The van der Waals surface area contributed by atoms with Gasteiger partial charge in [0, 0.05) is 61.7 Å². The van der Waals surface area contributed by atoms with Gasteiger partial charge in [-0.1, -0.05) is 196 Å². The number of likely N-dealkylation sites (tertiary alicyclic amines) is 1. The summed E-state index contributed by atoms with van der Waals surface area (Å²) in [6.45, 7) is 46.2. The van der Waals surface area contributed by atoms with E-state index in [9.17, 15) is 23.2 Å². The Morgan fingerprint density at radius 3 is 1.63 bits per heavy atom. The fourth-order valence-electron chi connectivity index (χ4n) is 10.7. The first-order valence-electron chi connectivity index (χ1n) is 33.8. The van der Waals surface area contributed by atoms with Crippen LogP contribution in [0.4, 0.5) is 20.2 Å². The van der Waals surface area contributed by atoms with Gasteiger partial charge in [0.05, 0.1) is 18.8 Å². The van der Waals surface area contributed by atoms with E-state index in [1.165, 1.54) is 144 Å². The molecule has 0 aromatic heterocycles. The number of anilines is 1. The Balaban J connectivity index is 0.00000137. The second-order valence-corrected chi connectivity index (χ2v) is 25.5. The van der Waals surface area contributed by atoms with Gasteiger partial charge in [0.1, 0.15) is 11.6 Å². The minimum atomic E-state index is -0.475. The molecule has 1 aliphatic heterocycles. The highest BCUT2D eigenvalue weighted by Crippen LogP contribution is 2.34. The summed E-state index contributed by atoms with van der Waals surface area (Å²) in [5, 5.41) is 13.6. The quantitative estimate of drug-likeness (QED) is 0.0427. The average Bonchev–Trinajstić information content (AvgIpc) is 3.68. The van der Waals surface area contributed by atoms with Crippen molar-refractivity contribution in [2.45, 2.75) is 259 Å². The lowest BCUT2D eigenvalue weighted by Crippen LogP contribution is -2.43. The highest BCUT2D eigenvalue weighted by atomic mass is 19.1. The molecular formula is C78H125F2N5O4. The van der Waals surface area contributed by atoms with Crippen LogP contribution in [0.5, 0.6) is 0 Å². The number of unbranched alkanes of at least 4 members (excludes halogenated alkanes) is 1. The van der Waals surface area contributed by atoms with Gasteiger partial charge in [-0.05, 0) is 186 Å². The molecule has 1 aliphatic rings. The maximum atomic E-state index is 13.2. The fourth-order valence-corrected chi connectivity index (χ4v) is 10.7. The van der Waals surface area contributed by atoms with Crippen molar-refractivity contribution < 1.29 is 27.9 Å². The molecule has 89 heavy (non-hydrogen) atoms. The molecule has 0 radical (unpaired) electrons. The molecule has 4 aromatic carbocycles. The Labute approximate surface area is 542 Å². The van der Waals surface area contributed by atoms with E-state index in [1.54, 1.807) is 14.0 Å². The Bertz CT molecular complexity index is 2650. The van der Waals surface area contributed by atoms with Crippen molar-refractivity contribution in [1.82, 2.24) is 10.2 Å². The first-order valence-corrected chi connectivity index (χ1v) is 33.8. The molecule has 1 saturated heterocycles. The van der Waals surface area contributed by atoms with Crippen LogP contribution in [0.3, 0.4) is 0 Å². The zero-order valence-electron chi connectivity index (χ0n) is 60.0. The highest BCUT2D eigenvalue weighted by Gasteiger charge is 2.34. The van der Waals surface area contributed by atoms with Crippen molar-refractivity contribution in [3.8, 4) is 0 Å². The van der Waals surface area contributed by atoms with Crippen LogP contribution >= 0.6 is 0 Å². The summed E-state index contributed by atoms with van der Waals surface area (Å²) in [6.07, 6.45) is 18.3.